The molecule has 3 aromatic rings. The smallest absolute Gasteiger partial charge is 0.268 e. The van der Waals surface area contributed by atoms with Gasteiger partial charge in [0.1, 0.15) is 0 Å². The Labute approximate surface area is 188 Å². The maximum atomic E-state index is 13.5. The van der Waals surface area contributed by atoms with E-state index >= 15 is 0 Å². The van der Waals surface area contributed by atoms with E-state index in [1.807, 2.05) is 49.4 Å². The zero-order chi connectivity index (χ0) is 22.9. The monoisotopic (exact) mass is 457 g/mol. The molecule has 2 aromatic carbocycles. The summed E-state index contributed by atoms with van der Waals surface area (Å²) in [5, 5.41) is 1.15. The lowest BCUT2D eigenvalue weighted by molar-refractivity contribution is 0.279. The van der Waals surface area contributed by atoms with E-state index < -0.39 is 18.3 Å². The molecule has 4 nitrogen and oxygen atoms in total. The highest BCUT2D eigenvalue weighted by molar-refractivity contribution is 7.90. The van der Waals surface area contributed by atoms with Crippen molar-refractivity contribution in [1.82, 2.24) is 3.97 Å². The van der Waals surface area contributed by atoms with Crippen molar-refractivity contribution in [1.29, 1.82) is 0 Å². The first-order valence-electron chi connectivity index (χ1n) is 11.0. The third kappa shape index (κ3) is 5.13. The molecule has 0 aliphatic rings. The summed E-state index contributed by atoms with van der Waals surface area (Å²) in [6.45, 7) is 13.9. The molecule has 0 amide bonds. The van der Waals surface area contributed by atoms with Crippen molar-refractivity contribution in [2.24, 2.45) is 0 Å². The van der Waals surface area contributed by atoms with Crippen molar-refractivity contribution in [3.63, 3.8) is 0 Å². The van der Waals surface area contributed by atoms with Gasteiger partial charge >= 0.3 is 0 Å². The number of hydrogen-bond acceptors (Lipinski definition) is 3. The van der Waals surface area contributed by atoms with E-state index in [1.165, 1.54) is 3.97 Å². The molecule has 0 N–H and O–H groups in total. The van der Waals surface area contributed by atoms with Crippen molar-refractivity contribution in [2.45, 2.75) is 70.0 Å². The predicted octanol–water partition coefficient (Wildman–Crippen LogP) is 6.53. The molecule has 0 atom stereocenters. The summed E-state index contributed by atoms with van der Waals surface area (Å²) in [6, 6.07) is 16.8. The highest BCUT2D eigenvalue weighted by Gasteiger charge is 2.36. The number of nitrogens with zero attached hydrogens (tertiary/aromatic N) is 1. The van der Waals surface area contributed by atoms with Crippen LogP contribution < -0.4 is 0 Å². The van der Waals surface area contributed by atoms with Gasteiger partial charge in [0.15, 0.2) is 8.32 Å². The Balaban J connectivity index is 1.81. The largest absolute Gasteiger partial charge is 0.417 e. The molecule has 0 saturated heterocycles. The zero-order valence-electron chi connectivity index (χ0n) is 19.6. The van der Waals surface area contributed by atoms with Gasteiger partial charge in [-0.15, -0.1) is 0 Å². The molecule has 0 unspecified atom stereocenters. The molecule has 3 rings (SSSR count). The van der Waals surface area contributed by atoms with Gasteiger partial charge in [-0.05, 0) is 68.6 Å². The lowest BCUT2D eigenvalue weighted by Gasteiger charge is -2.36. The average molecular weight is 458 g/mol. The van der Waals surface area contributed by atoms with Crippen LogP contribution in [0.1, 0.15) is 44.9 Å². The van der Waals surface area contributed by atoms with Crippen molar-refractivity contribution >= 4 is 29.2 Å². The van der Waals surface area contributed by atoms with Crippen LogP contribution in [-0.2, 0) is 20.9 Å². The lowest BCUT2D eigenvalue weighted by Crippen LogP contribution is -2.40. The van der Waals surface area contributed by atoms with E-state index in [0.29, 0.717) is 11.3 Å². The van der Waals surface area contributed by atoms with Gasteiger partial charge in [0.2, 0.25) is 0 Å². The van der Waals surface area contributed by atoms with Gasteiger partial charge in [-0.3, -0.25) is 0 Å². The summed E-state index contributed by atoms with van der Waals surface area (Å²) in [4.78, 5) is 0.321. The van der Waals surface area contributed by atoms with Gasteiger partial charge in [-0.1, -0.05) is 56.7 Å². The van der Waals surface area contributed by atoms with E-state index in [4.69, 9.17) is 4.43 Å². The molecule has 31 heavy (non-hydrogen) atoms. The summed E-state index contributed by atoms with van der Waals surface area (Å²) in [7, 11) is -5.41. The minimum absolute atomic E-state index is 0.196. The van der Waals surface area contributed by atoms with E-state index in [9.17, 15) is 8.42 Å². The van der Waals surface area contributed by atoms with Gasteiger partial charge < -0.3 is 4.43 Å². The molecule has 0 bridgehead atoms. The fraction of sp³-hybridized carbons (Fsp3) is 0.440. The normalized spacial score (nSPS) is 13.1. The minimum atomic E-state index is -3.66. The fourth-order valence-corrected chi connectivity index (χ4v) is 6.07. The number of fused-ring (bicyclic) bond motifs is 1. The van der Waals surface area contributed by atoms with Crippen LogP contribution >= 0.6 is 0 Å². The van der Waals surface area contributed by atoms with Gasteiger partial charge in [0.25, 0.3) is 10.0 Å². The number of rotatable bonds is 8. The quantitative estimate of drug-likeness (QED) is 0.285. The highest BCUT2D eigenvalue weighted by atomic mass is 32.2. The number of unbranched alkanes of at least 4 members (excludes halogenated alkanes) is 1. The highest BCUT2D eigenvalue weighted by Crippen LogP contribution is 2.36. The minimum Gasteiger partial charge on any atom is -0.417 e. The van der Waals surface area contributed by atoms with Gasteiger partial charge in [0.05, 0.1) is 10.4 Å². The average Bonchev–Trinajstić information content (AvgIpc) is 3.06. The summed E-state index contributed by atoms with van der Waals surface area (Å²) in [6.07, 6.45) is 2.49. The number of benzene rings is 2. The number of hydrogen-bond donors (Lipinski definition) is 0. The third-order valence-electron chi connectivity index (χ3n) is 6.39. The molecule has 0 fully saturated rings. The first-order valence-corrected chi connectivity index (χ1v) is 15.3. The summed E-state index contributed by atoms with van der Waals surface area (Å²) in [5.41, 5.74) is 2.60. The van der Waals surface area contributed by atoms with E-state index in [2.05, 4.69) is 33.9 Å². The summed E-state index contributed by atoms with van der Waals surface area (Å²) >= 11 is 0. The van der Waals surface area contributed by atoms with Crippen LogP contribution in [0.25, 0.3) is 10.9 Å². The van der Waals surface area contributed by atoms with E-state index in [0.717, 1.165) is 41.6 Å². The van der Waals surface area contributed by atoms with E-state index in [-0.39, 0.29) is 5.04 Å². The van der Waals surface area contributed by atoms with Crippen LogP contribution in [0.5, 0.6) is 0 Å². The molecule has 1 heterocycles. The first-order chi connectivity index (χ1) is 14.4. The molecule has 0 aliphatic heterocycles. The number of aromatic nitrogens is 1. The summed E-state index contributed by atoms with van der Waals surface area (Å²) in [5.74, 6) is 0. The molecular formula is C25H35NO3SSi. The van der Waals surface area contributed by atoms with Crippen LogP contribution in [0.2, 0.25) is 18.1 Å². The van der Waals surface area contributed by atoms with Crippen LogP contribution in [0.4, 0.5) is 0 Å². The second-order valence-electron chi connectivity index (χ2n) is 9.84. The van der Waals surface area contributed by atoms with Crippen LogP contribution in [-0.4, -0.2) is 27.3 Å². The predicted molar refractivity (Wildman–Crippen MR) is 132 cm³/mol. The van der Waals surface area contributed by atoms with Crippen LogP contribution in [0.3, 0.4) is 0 Å². The SMILES string of the molecule is Cc1ccc(S(=O)(=O)n2c(CCCCO[Si](C)(C)C(C)(C)C)cc3ccccc32)cc1. The Morgan fingerprint density at radius 3 is 2.26 bits per heavy atom. The van der Waals surface area contributed by atoms with Gasteiger partial charge in [0, 0.05) is 17.7 Å². The number of aryl methyl sites for hydroxylation is 2. The van der Waals surface area contributed by atoms with Crippen molar-refractivity contribution < 1.29 is 12.8 Å². The van der Waals surface area contributed by atoms with Crippen LogP contribution in [0.15, 0.2) is 59.5 Å². The topological polar surface area (TPSA) is 48.3 Å². The molecule has 6 heteroatoms. The molecule has 1 aromatic heterocycles. The van der Waals surface area contributed by atoms with E-state index in [1.54, 1.807) is 12.1 Å². The standard InChI is InChI=1S/C25H35NO3SSi/c1-20-14-16-23(17-15-20)30(27,28)26-22(19-21-11-7-8-13-24(21)26)12-9-10-18-29-31(5,6)25(2,3)4/h7-8,11,13-17,19H,9-10,12,18H2,1-6H3. The lowest BCUT2D eigenvalue weighted by atomic mass is 10.2. The second-order valence-corrected chi connectivity index (χ2v) is 16.4. The molecular weight excluding hydrogens is 422 g/mol. The molecule has 0 aliphatic carbocycles. The molecule has 0 radical (unpaired) electrons. The van der Waals surface area contributed by atoms with Crippen LogP contribution in [0, 0.1) is 6.92 Å². The fourth-order valence-electron chi connectivity index (χ4n) is 3.41. The third-order valence-corrected chi connectivity index (χ3v) is 12.7. The summed E-state index contributed by atoms with van der Waals surface area (Å²) < 4.78 is 34.8. The van der Waals surface area contributed by atoms with Gasteiger partial charge in [-0.25, -0.2) is 12.4 Å². The maximum absolute atomic E-state index is 13.5. The Morgan fingerprint density at radius 1 is 0.968 bits per heavy atom. The van der Waals surface area contributed by atoms with Crippen molar-refractivity contribution in [2.75, 3.05) is 6.61 Å². The second kappa shape index (κ2) is 8.92. The Bertz CT molecular complexity index is 1140. The molecule has 168 valence electrons. The van der Waals surface area contributed by atoms with Crippen molar-refractivity contribution in [3.8, 4) is 0 Å². The Morgan fingerprint density at radius 2 is 1.61 bits per heavy atom. The Hall–Kier alpha value is -1.89. The Kier molecular flexibility index (Phi) is 6.84. The maximum Gasteiger partial charge on any atom is 0.268 e. The zero-order valence-corrected chi connectivity index (χ0v) is 21.4. The first kappa shape index (κ1) is 23.8. The molecule has 0 spiro atoms. The van der Waals surface area contributed by atoms with Gasteiger partial charge in [-0.2, -0.15) is 0 Å². The van der Waals surface area contributed by atoms with Crippen molar-refractivity contribution in [3.05, 3.63) is 65.9 Å². The molecule has 0 saturated carbocycles. The number of para-hydroxylation sites is 1.